The van der Waals surface area contributed by atoms with Crippen LogP contribution in [0, 0.1) is 11.3 Å². The van der Waals surface area contributed by atoms with Gasteiger partial charge in [-0.2, -0.15) is 0 Å². The molecule has 1 aromatic heterocycles. The molecule has 0 bridgehead atoms. The number of aliphatic imine (C=N–C) groups is 3. The van der Waals surface area contributed by atoms with Crippen LogP contribution in [0.2, 0.25) is 0 Å². The molecule has 0 aromatic carbocycles. The fourth-order valence-electron chi connectivity index (χ4n) is 4.91. The second kappa shape index (κ2) is 9.48. The van der Waals surface area contributed by atoms with E-state index >= 15 is 4.39 Å². The second-order valence-corrected chi connectivity index (χ2v) is 10.1. The van der Waals surface area contributed by atoms with Gasteiger partial charge in [-0.1, -0.05) is 13.0 Å². The SMILES string of the molecule is C=NC(=O)c1cc(C2=CC3(C)CC3C=N2)cnc1OC1CCN(C(=O)CC2CCC(=O)C=N2)CC1F. The molecule has 36 heavy (non-hydrogen) atoms. The summed E-state index contributed by atoms with van der Waals surface area (Å²) in [5.74, 6) is -0.424. The molecule has 188 valence electrons. The third kappa shape index (κ3) is 4.89. The maximum Gasteiger partial charge on any atom is 0.281 e. The molecule has 5 atom stereocenters. The number of allylic oxidation sites excluding steroid dienone is 1. The first kappa shape index (κ1) is 24.1. The number of piperidine rings is 1. The Morgan fingerprint density at radius 1 is 1.36 bits per heavy atom. The minimum absolute atomic E-state index is 0.0133. The number of ketones is 1. The topological polar surface area (TPSA) is 114 Å². The minimum Gasteiger partial charge on any atom is -0.471 e. The number of rotatable bonds is 6. The van der Waals surface area contributed by atoms with Crippen LogP contribution in [0.5, 0.6) is 5.88 Å². The van der Waals surface area contributed by atoms with Gasteiger partial charge >= 0.3 is 0 Å². The van der Waals surface area contributed by atoms with Gasteiger partial charge in [0.2, 0.25) is 11.8 Å². The van der Waals surface area contributed by atoms with Crippen LogP contribution in [0.25, 0.3) is 5.70 Å². The number of amides is 2. The first-order valence-electron chi connectivity index (χ1n) is 12.2. The Bertz CT molecular complexity index is 1210. The van der Waals surface area contributed by atoms with E-state index in [-0.39, 0.29) is 54.0 Å². The molecule has 9 nitrogen and oxygen atoms in total. The van der Waals surface area contributed by atoms with Gasteiger partial charge in [0, 0.05) is 49.7 Å². The summed E-state index contributed by atoms with van der Waals surface area (Å²) in [5.41, 5.74) is 1.56. The first-order valence-corrected chi connectivity index (χ1v) is 12.2. The number of carbonyl (C=O) groups excluding carboxylic acids is 3. The zero-order chi connectivity index (χ0) is 25.4. The van der Waals surface area contributed by atoms with E-state index < -0.39 is 18.2 Å². The highest BCUT2D eigenvalue weighted by Crippen LogP contribution is 2.55. The molecule has 3 aliphatic heterocycles. The number of alkyl halides is 1. The highest BCUT2D eigenvalue weighted by atomic mass is 19.1. The van der Waals surface area contributed by atoms with Crippen molar-refractivity contribution >= 4 is 42.4 Å². The molecule has 10 heteroatoms. The molecule has 0 radical (unpaired) electrons. The maximum atomic E-state index is 15.1. The van der Waals surface area contributed by atoms with Crippen LogP contribution in [0.4, 0.5) is 4.39 Å². The number of hydrogen-bond acceptors (Lipinski definition) is 7. The van der Waals surface area contributed by atoms with Crippen molar-refractivity contribution in [2.45, 2.75) is 57.3 Å². The lowest BCUT2D eigenvalue weighted by Crippen LogP contribution is -2.50. The van der Waals surface area contributed by atoms with Gasteiger partial charge in [-0.05, 0) is 31.0 Å². The molecule has 2 amide bonds. The van der Waals surface area contributed by atoms with Crippen molar-refractivity contribution in [3.8, 4) is 5.88 Å². The van der Waals surface area contributed by atoms with Crippen LogP contribution in [0.15, 0.2) is 33.3 Å². The largest absolute Gasteiger partial charge is 0.471 e. The molecule has 1 saturated carbocycles. The number of fused-ring (bicyclic) bond motifs is 1. The van der Waals surface area contributed by atoms with Crippen molar-refractivity contribution in [1.82, 2.24) is 9.88 Å². The summed E-state index contributed by atoms with van der Waals surface area (Å²) >= 11 is 0. The number of carbonyl (C=O) groups is 3. The van der Waals surface area contributed by atoms with E-state index in [1.807, 2.05) is 6.21 Å². The van der Waals surface area contributed by atoms with Crippen LogP contribution in [0.1, 0.15) is 54.9 Å². The van der Waals surface area contributed by atoms with E-state index in [1.165, 1.54) is 11.1 Å². The Balaban J connectivity index is 1.25. The molecule has 0 spiro atoms. The number of halogens is 1. The lowest BCUT2D eigenvalue weighted by Gasteiger charge is -2.35. The summed E-state index contributed by atoms with van der Waals surface area (Å²) in [6.45, 7) is 5.66. The molecule has 5 unspecified atom stereocenters. The highest BCUT2D eigenvalue weighted by Gasteiger charge is 2.49. The first-order chi connectivity index (χ1) is 17.3. The molecule has 0 N–H and O–H groups in total. The summed E-state index contributed by atoms with van der Waals surface area (Å²) in [6, 6.07) is 1.36. The molecule has 4 aliphatic rings. The summed E-state index contributed by atoms with van der Waals surface area (Å²) in [5, 5.41) is 0. The van der Waals surface area contributed by atoms with Crippen LogP contribution in [-0.4, -0.2) is 78.0 Å². The van der Waals surface area contributed by atoms with Crippen molar-refractivity contribution in [2.24, 2.45) is 26.3 Å². The molecule has 1 aromatic rings. The third-order valence-electron chi connectivity index (χ3n) is 7.39. The zero-order valence-electron chi connectivity index (χ0n) is 20.1. The van der Waals surface area contributed by atoms with E-state index in [0.29, 0.717) is 30.9 Å². The van der Waals surface area contributed by atoms with E-state index in [1.54, 1.807) is 12.3 Å². The normalized spacial score (nSPS) is 30.9. The van der Waals surface area contributed by atoms with Crippen molar-refractivity contribution in [2.75, 3.05) is 13.1 Å². The molecular formula is C26H28FN5O4. The lowest BCUT2D eigenvalue weighted by atomic mass is 10.00. The zero-order valence-corrected chi connectivity index (χ0v) is 20.1. The van der Waals surface area contributed by atoms with Gasteiger partial charge in [-0.15, -0.1) is 0 Å². The number of ether oxygens (including phenoxy) is 1. The monoisotopic (exact) mass is 493 g/mol. The molecule has 5 rings (SSSR count). The molecule has 4 heterocycles. The Morgan fingerprint density at radius 3 is 2.89 bits per heavy atom. The number of aromatic nitrogens is 1. The summed E-state index contributed by atoms with van der Waals surface area (Å²) < 4.78 is 20.9. The van der Waals surface area contributed by atoms with E-state index in [9.17, 15) is 14.4 Å². The number of nitrogens with zero attached hydrogens (tertiary/aromatic N) is 5. The molecule has 1 aliphatic carbocycles. The number of likely N-dealkylation sites (tertiary alicyclic amines) is 1. The predicted octanol–water partition coefficient (Wildman–Crippen LogP) is 2.88. The number of Topliss-reactive ketones (excluding diaryl/α,β-unsaturated/α-hetero) is 1. The van der Waals surface area contributed by atoms with E-state index in [4.69, 9.17) is 4.74 Å². The number of hydrogen-bond donors (Lipinski definition) is 0. The van der Waals surface area contributed by atoms with Crippen LogP contribution >= 0.6 is 0 Å². The second-order valence-electron chi connectivity index (χ2n) is 10.1. The van der Waals surface area contributed by atoms with Gasteiger partial charge < -0.3 is 9.64 Å². The Kier molecular flexibility index (Phi) is 6.36. The predicted molar refractivity (Wildman–Crippen MR) is 132 cm³/mol. The van der Waals surface area contributed by atoms with Gasteiger partial charge in [0.1, 0.15) is 11.7 Å². The van der Waals surface area contributed by atoms with Crippen LogP contribution in [-0.2, 0) is 9.59 Å². The third-order valence-corrected chi connectivity index (χ3v) is 7.39. The summed E-state index contributed by atoms with van der Waals surface area (Å²) in [6.07, 6.45) is 6.85. The van der Waals surface area contributed by atoms with Crippen molar-refractivity contribution in [3.05, 3.63) is 29.5 Å². The number of pyridine rings is 1. The molecular weight excluding hydrogens is 465 g/mol. The average molecular weight is 494 g/mol. The average Bonchev–Trinajstić information content (AvgIpc) is 3.56. The van der Waals surface area contributed by atoms with Crippen LogP contribution < -0.4 is 4.74 Å². The minimum atomic E-state index is -1.46. The standard InChI is InChI=1S/C26H28FN5O4/c1-26-9-16(26)12-30-21(10-26)15-7-19(24(35)28-2)25(31-11-15)36-22-5-6-32(14-20(22)27)23(34)8-17-3-4-18(33)13-29-17/h7,10-13,16-17,20,22H,2-6,8-9,14H2,1H3. The van der Waals surface area contributed by atoms with E-state index in [2.05, 4.69) is 39.7 Å². The fraction of sp³-hybridized carbons (Fsp3) is 0.500. The van der Waals surface area contributed by atoms with Crippen LogP contribution in [0.3, 0.4) is 0 Å². The summed E-state index contributed by atoms with van der Waals surface area (Å²) in [4.78, 5) is 54.3. The van der Waals surface area contributed by atoms with Gasteiger partial charge in [-0.3, -0.25) is 24.4 Å². The highest BCUT2D eigenvalue weighted by molar-refractivity contribution is 6.28. The van der Waals surface area contributed by atoms with Gasteiger partial charge in [0.25, 0.3) is 5.91 Å². The summed E-state index contributed by atoms with van der Waals surface area (Å²) in [7, 11) is 0. The smallest absolute Gasteiger partial charge is 0.281 e. The van der Waals surface area contributed by atoms with Gasteiger partial charge in [0.15, 0.2) is 12.0 Å². The van der Waals surface area contributed by atoms with Crippen molar-refractivity contribution in [3.63, 3.8) is 0 Å². The Morgan fingerprint density at radius 2 is 2.19 bits per heavy atom. The lowest BCUT2D eigenvalue weighted by molar-refractivity contribution is -0.135. The molecule has 2 fully saturated rings. The van der Waals surface area contributed by atoms with Crippen molar-refractivity contribution in [1.29, 1.82) is 0 Å². The fourth-order valence-corrected chi connectivity index (χ4v) is 4.91. The van der Waals surface area contributed by atoms with Crippen molar-refractivity contribution < 1.29 is 23.5 Å². The Hall–Kier alpha value is -3.56. The van der Waals surface area contributed by atoms with E-state index in [0.717, 1.165) is 12.1 Å². The quantitative estimate of drug-likeness (QED) is 0.566. The maximum absolute atomic E-state index is 15.1. The molecule has 1 saturated heterocycles. The Labute approximate surface area is 208 Å². The van der Waals surface area contributed by atoms with Gasteiger partial charge in [0.05, 0.1) is 24.5 Å². The van der Waals surface area contributed by atoms with Gasteiger partial charge in [-0.25, -0.2) is 14.4 Å².